The lowest BCUT2D eigenvalue weighted by Crippen LogP contribution is -2.50. The summed E-state index contributed by atoms with van der Waals surface area (Å²) in [5.41, 5.74) is 3.02. The number of amides is 2. The normalized spacial score (nSPS) is 11.7. The summed E-state index contributed by atoms with van der Waals surface area (Å²) in [5.74, 6) is 0.143. The van der Waals surface area contributed by atoms with Crippen molar-refractivity contribution in [2.45, 2.75) is 46.7 Å². The van der Waals surface area contributed by atoms with E-state index in [0.717, 1.165) is 16.7 Å². The number of hydrogen-bond donors (Lipinski definition) is 1. The van der Waals surface area contributed by atoms with Crippen molar-refractivity contribution < 1.29 is 14.3 Å². The minimum absolute atomic E-state index is 0.167. The number of carbonyl (C=O) groups is 2. The molecule has 2 rings (SSSR count). The van der Waals surface area contributed by atoms with Gasteiger partial charge in [-0.25, -0.2) is 0 Å². The second-order valence-electron chi connectivity index (χ2n) is 7.12. The van der Waals surface area contributed by atoms with Crippen LogP contribution < -0.4 is 10.1 Å². The molecule has 0 aliphatic rings. The summed E-state index contributed by atoms with van der Waals surface area (Å²) in [7, 11) is 0. The highest BCUT2D eigenvalue weighted by molar-refractivity contribution is 6.42. The van der Waals surface area contributed by atoms with Crippen LogP contribution in [-0.4, -0.2) is 35.9 Å². The Morgan fingerprint density at radius 1 is 1.03 bits per heavy atom. The maximum atomic E-state index is 13.1. The first-order chi connectivity index (χ1) is 14.3. The van der Waals surface area contributed by atoms with E-state index in [0.29, 0.717) is 28.8 Å². The van der Waals surface area contributed by atoms with Gasteiger partial charge in [0.2, 0.25) is 5.91 Å². The van der Waals surface area contributed by atoms with E-state index in [1.165, 1.54) is 4.90 Å². The minimum Gasteiger partial charge on any atom is -0.484 e. The molecule has 0 spiro atoms. The lowest BCUT2D eigenvalue weighted by atomic mass is 10.1. The number of aryl methyl sites for hydroxylation is 2. The molecule has 0 unspecified atom stereocenters. The average molecular weight is 451 g/mol. The van der Waals surface area contributed by atoms with Gasteiger partial charge in [-0.05, 0) is 68.1 Å². The molecule has 1 N–H and O–H groups in total. The van der Waals surface area contributed by atoms with Gasteiger partial charge < -0.3 is 15.0 Å². The van der Waals surface area contributed by atoms with Gasteiger partial charge in [-0.1, -0.05) is 42.3 Å². The molecule has 0 heterocycles. The maximum Gasteiger partial charge on any atom is 0.261 e. The Labute approximate surface area is 188 Å². The standard InChI is InChI=1S/C23H28Cl2N2O3/c1-5-21(23(29)26-6-2)27(13-17-8-10-19(24)20(25)12-17)22(28)14-30-18-9-7-15(3)16(4)11-18/h7-12,21H,5-6,13-14H2,1-4H3,(H,26,29)/t21-/m1/s1. The van der Waals surface area contributed by atoms with Crippen molar-refractivity contribution in [2.24, 2.45) is 0 Å². The molecular weight excluding hydrogens is 423 g/mol. The molecule has 2 aromatic carbocycles. The highest BCUT2D eigenvalue weighted by Gasteiger charge is 2.28. The third-order valence-electron chi connectivity index (χ3n) is 4.91. The molecule has 0 saturated carbocycles. The molecule has 5 nitrogen and oxygen atoms in total. The molecule has 1 atom stereocenters. The van der Waals surface area contributed by atoms with Crippen LogP contribution in [-0.2, 0) is 16.1 Å². The summed E-state index contributed by atoms with van der Waals surface area (Å²) in [6.07, 6.45) is 0.475. The average Bonchev–Trinajstić information content (AvgIpc) is 2.71. The van der Waals surface area contributed by atoms with Gasteiger partial charge in [0.05, 0.1) is 10.0 Å². The van der Waals surface area contributed by atoms with Gasteiger partial charge in [0.15, 0.2) is 6.61 Å². The largest absolute Gasteiger partial charge is 0.484 e. The van der Waals surface area contributed by atoms with Crippen molar-refractivity contribution in [3.05, 3.63) is 63.1 Å². The first-order valence-electron chi connectivity index (χ1n) is 9.97. The number of hydrogen-bond acceptors (Lipinski definition) is 3. The quantitative estimate of drug-likeness (QED) is 0.588. The number of halogens is 2. The Hall–Kier alpha value is -2.24. The van der Waals surface area contributed by atoms with E-state index >= 15 is 0 Å². The highest BCUT2D eigenvalue weighted by Crippen LogP contribution is 2.24. The van der Waals surface area contributed by atoms with Gasteiger partial charge in [0.1, 0.15) is 11.8 Å². The zero-order valence-corrected chi connectivity index (χ0v) is 19.3. The Kier molecular flexibility index (Phi) is 9.00. The molecule has 30 heavy (non-hydrogen) atoms. The third-order valence-corrected chi connectivity index (χ3v) is 5.65. The van der Waals surface area contributed by atoms with Crippen LogP contribution >= 0.6 is 23.2 Å². The summed E-state index contributed by atoms with van der Waals surface area (Å²) >= 11 is 12.1. The summed E-state index contributed by atoms with van der Waals surface area (Å²) < 4.78 is 5.73. The monoisotopic (exact) mass is 450 g/mol. The van der Waals surface area contributed by atoms with Gasteiger partial charge in [-0.15, -0.1) is 0 Å². The van der Waals surface area contributed by atoms with Crippen LogP contribution in [0.25, 0.3) is 0 Å². The molecule has 2 amide bonds. The first-order valence-corrected chi connectivity index (χ1v) is 10.7. The zero-order chi connectivity index (χ0) is 22.3. The van der Waals surface area contributed by atoms with E-state index in [-0.39, 0.29) is 25.0 Å². The van der Waals surface area contributed by atoms with Gasteiger partial charge in [0, 0.05) is 13.1 Å². The van der Waals surface area contributed by atoms with Crippen molar-refractivity contribution in [2.75, 3.05) is 13.2 Å². The SMILES string of the molecule is CCNC(=O)[C@@H](CC)N(Cc1ccc(Cl)c(Cl)c1)C(=O)COc1ccc(C)c(C)c1. The smallest absolute Gasteiger partial charge is 0.261 e. The molecule has 0 fully saturated rings. The maximum absolute atomic E-state index is 13.1. The molecule has 7 heteroatoms. The summed E-state index contributed by atoms with van der Waals surface area (Å²) in [5, 5.41) is 3.64. The third kappa shape index (κ3) is 6.38. The number of likely N-dealkylation sites (N-methyl/N-ethyl adjacent to an activating group) is 1. The van der Waals surface area contributed by atoms with E-state index in [9.17, 15) is 9.59 Å². The number of carbonyl (C=O) groups excluding carboxylic acids is 2. The molecule has 2 aromatic rings. The Balaban J connectivity index is 2.23. The van der Waals surface area contributed by atoms with E-state index in [1.807, 2.05) is 45.9 Å². The Bertz CT molecular complexity index is 902. The van der Waals surface area contributed by atoms with Crippen molar-refractivity contribution in [3.63, 3.8) is 0 Å². The van der Waals surface area contributed by atoms with Crippen LogP contribution in [0.15, 0.2) is 36.4 Å². The van der Waals surface area contributed by atoms with Crippen molar-refractivity contribution in [1.29, 1.82) is 0 Å². The molecule has 0 radical (unpaired) electrons. The minimum atomic E-state index is -0.616. The van der Waals surface area contributed by atoms with Crippen LogP contribution in [0.2, 0.25) is 10.0 Å². The predicted octanol–water partition coefficient (Wildman–Crippen LogP) is 4.93. The molecule has 0 aliphatic heterocycles. The fraction of sp³-hybridized carbons (Fsp3) is 0.391. The second-order valence-corrected chi connectivity index (χ2v) is 7.94. The number of benzene rings is 2. The first kappa shape index (κ1) is 24.0. The van der Waals surface area contributed by atoms with E-state index in [4.69, 9.17) is 27.9 Å². The number of ether oxygens (including phenoxy) is 1. The summed E-state index contributed by atoms with van der Waals surface area (Å²) in [6.45, 7) is 8.27. The van der Waals surface area contributed by atoms with Crippen molar-refractivity contribution in [3.8, 4) is 5.75 Å². The molecule has 0 aliphatic carbocycles. The summed E-state index contributed by atoms with van der Waals surface area (Å²) in [6, 6.07) is 10.2. The topological polar surface area (TPSA) is 58.6 Å². The van der Waals surface area contributed by atoms with Crippen molar-refractivity contribution >= 4 is 35.0 Å². The van der Waals surface area contributed by atoms with Gasteiger partial charge in [-0.3, -0.25) is 9.59 Å². The molecule has 0 bridgehead atoms. The lowest BCUT2D eigenvalue weighted by molar-refractivity contribution is -0.142. The van der Waals surface area contributed by atoms with Gasteiger partial charge in [-0.2, -0.15) is 0 Å². The second kappa shape index (κ2) is 11.2. The van der Waals surface area contributed by atoms with Gasteiger partial charge in [0.25, 0.3) is 5.91 Å². The van der Waals surface area contributed by atoms with E-state index in [2.05, 4.69) is 5.32 Å². The fourth-order valence-electron chi connectivity index (χ4n) is 3.08. The highest BCUT2D eigenvalue weighted by atomic mass is 35.5. The molecule has 0 aromatic heterocycles. The van der Waals surface area contributed by atoms with Crippen molar-refractivity contribution in [1.82, 2.24) is 10.2 Å². The van der Waals surface area contributed by atoms with Crippen LogP contribution in [0.1, 0.15) is 37.0 Å². The summed E-state index contributed by atoms with van der Waals surface area (Å²) in [4.78, 5) is 27.2. The lowest BCUT2D eigenvalue weighted by Gasteiger charge is -2.30. The predicted molar refractivity (Wildman–Crippen MR) is 121 cm³/mol. The number of nitrogens with zero attached hydrogens (tertiary/aromatic N) is 1. The Morgan fingerprint density at radius 3 is 2.37 bits per heavy atom. The Morgan fingerprint density at radius 2 is 1.77 bits per heavy atom. The van der Waals surface area contributed by atoms with Crippen LogP contribution in [0.5, 0.6) is 5.75 Å². The zero-order valence-electron chi connectivity index (χ0n) is 17.8. The van der Waals surface area contributed by atoms with Gasteiger partial charge >= 0.3 is 0 Å². The fourth-order valence-corrected chi connectivity index (χ4v) is 3.40. The number of nitrogens with one attached hydrogen (secondary N) is 1. The number of rotatable bonds is 9. The van der Waals surface area contributed by atoms with Crippen LogP contribution in [0.3, 0.4) is 0 Å². The molecule has 0 saturated heterocycles. The van der Waals surface area contributed by atoms with E-state index < -0.39 is 6.04 Å². The van der Waals surface area contributed by atoms with Crippen LogP contribution in [0, 0.1) is 13.8 Å². The van der Waals surface area contributed by atoms with E-state index in [1.54, 1.807) is 18.2 Å². The molecule has 162 valence electrons. The molecular formula is C23H28Cl2N2O3. The van der Waals surface area contributed by atoms with Crippen LogP contribution in [0.4, 0.5) is 0 Å².